The van der Waals surface area contributed by atoms with Gasteiger partial charge >= 0.3 is 0 Å². The minimum atomic E-state index is 0.369. The van der Waals surface area contributed by atoms with Crippen molar-refractivity contribution in [1.29, 1.82) is 0 Å². The van der Waals surface area contributed by atoms with Gasteiger partial charge in [0.15, 0.2) is 0 Å². The molecule has 1 atom stereocenters. The minimum absolute atomic E-state index is 0.369. The van der Waals surface area contributed by atoms with E-state index in [0.29, 0.717) is 12.6 Å². The molecule has 1 aliphatic rings. The van der Waals surface area contributed by atoms with Gasteiger partial charge in [-0.3, -0.25) is 4.90 Å². The molecule has 0 amide bonds. The van der Waals surface area contributed by atoms with Crippen LogP contribution in [0.4, 0.5) is 0 Å². The van der Waals surface area contributed by atoms with Crippen LogP contribution in [0, 0.1) is 13.8 Å². The smallest absolute Gasteiger partial charge is 0.0594 e. The van der Waals surface area contributed by atoms with Gasteiger partial charge in [0.1, 0.15) is 0 Å². The normalized spacial score (nSPS) is 19.9. The summed E-state index contributed by atoms with van der Waals surface area (Å²) in [6.07, 6.45) is 0. The highest BCUT2D eigenvalue weighted by Crippen LogP contribution is 2.29. The number of hydrogen-bond donors (Lipinski definition) is 1. The Bertz CT molecular complexity index is 345. The Hall–Kier alpha value is -0.420. The number of nitrogens with two attached hydrogens (primary N) is 1. The molecule has 3 nitrogen and oxygen atoms in total. The summed E-state index contributed by atoms with van der Waals surface area (Å²) >= 11 is 1.86. The maximum Gasteiger partial charge on any atom is 0.0594 e. The molecule has 1 unspecified atom stereocenters. The highest BCUT2D eigenvalue weighted by Gasteiger charge is 2.23. The first-order chi connectivity index (χ1) is 7.72. The second-order valence-electron chi connectivity index (χ2n) is 4.27. The minimum Gasteiger partial charge on any atom is -0.379 e. The van der Waals surface area contributed by atoms with E-state index >= 15 is 0 Å². The molecule has 0 saturated carbocycles. The van der Waals surface area contributed by atoms with Crippen LogP contribution in [0.5, 0.6) is 0 Å². The zero-order chi connectivity index (χ0) is 11.5. The summed E-state index contributed by atoms with van der Waals surface area (Å²) in [4.78, 5) is 5.22. The van der Waals surface area contributed by atoms with Gasteiger partial charge in [-0.2, -0.15) is 0 Å². The quantitative estimate of drug-likeness (QED) is 0.874. The Kier molecular flexibility index (Phi) is 3.97. The first-order valence-corrected chi connectivity index (χ1v) is 6.63. The van der Waals surface area contributed by atoms with E-state index in [0.717, 1.165) is 26.3 Å². The Morgan fingerprint density at radius 3 is 2.62 bits per heavy atom. The molecule has 4 heteroatoms. The van der Waals surface area contributed by atoms with E-state index in [1.165, 1.54) is 15.3 Å². The fourth-order valence-corrected chi connectivity index (χ4v) is 3.32. The van der Waals surface area contributed by atoms with Gasteiger partial charge in [-0.1, -0.05) is 0 Å². The van der Waals surface area contributed by atoms with Crippen molar-refractivity contribution in [2.75, 3.05) is 32.8 Å². The molecule has 1 aromatic heterocycles. The predicted molar refractivity (Wildman–Crippen MR) is 68.0 cm³/mol. The molecule has 1 saturated heterocycles. The average Bonchev–Trinajstić information content (AvgIpc) is 2.61. The Balaban J connectivity index is 2.17. The lowest BCUT2D eigenvalue weighted by molar-refractivity contribution is 0.0178. The number of aryl methyl sites for hydroxylation is 2. The lowest BCUT2D eigenvalue weighted by Crippen LogP contribution is -2.41. The topological polar surface area (TPSA) is 38.5 Å². The van der Waals surface area contributed by atoms with Gasteiger partial charge in [-0.25, -0.2) is 0 Å². The van der Waals surface area contributed by atoms with Crippen LogP contribution < -0.4 is 5.73 Å². The lowest BCUT2D eigenvalue weighted by Gasteiger charge is -2.34. The molecule has 1 aromatic rings. The SMILES string of the molecule is Cc1cc(C(CN)N2CCOCC2)c(C)s1. The summed E-state index contributed by atoms with van der Waals surface area (Å²) < 4.78 is 5.39. The van der Waals surface area contributed by atoms with E-state index < -0.39 is 0 Å². The third-order valence-electron chi connectivity index (χ3n) is 3.15. The zero-order valence-corrected chi connectivity index (χ0v) is 10.8. The Morgan fingerprint density at radius 1 is 1.44 bits per heavy atom. The summed E-state index contributed by atoms with van der Waals surface area (Å²) in [5, 5.41) is 0. The van der Waals surface area contributed by atoms with E-state index in [9.17, 15) is 0 Å². The first kappa shape index (κ1) is 12.0. The van der Waals surface area contributed by atoms with Crippen molar-refractivity contribution < 1.29 is 4.74 Å². The summed E-state index contributed by atoms with van der Waals surface area (Å²) in [5.41, 5.74) is 7.35. The molecule has 0 bridgehead atoms. The molecule has 0 aromatic carbocycles. The second-order valence-corrected chi connectivity index (χ2v) is 5.73. The van der Waals surface area contributed by atoms with Crippen LogP contribution in [0.25, 0.3) is 0 Å². The van der Waals surface area contributed by atoms with Crippen molar-refractivity contribution >= 4 is 11.3 Å². The standard InChI is InChI=1S/C12H20N2OS/c1-9-7-11(10(2)16-9)12(8-13)14-3-5-15-6-4-14/h7,12H,3-6,8,13H2,1-2H3. The number of hydrogen-bond acceptors (Lipinski definition) is 4. The van der Waals surface area contributed by atoms with Crippen LogP contribution in [0.3, 0.4) is 0 Å². The van der Waals surface area contributed by atoms with Crippen LogP contribution in [-0.2, 0) is 4.74 Å². The van der Waals surface area contributed by atoms with Gasteiger partial charge < -0.3 is 10.5 Å². The van der Waals surface area contributed by atoms with Crippen molar-refractivity contribution in [2.24, 2.45) is 5.73 Å². The molecule has 2 rings (SSSR count). The maximum absolute atomic E-state index is 5.94. The number of morpholine rings is 1. The van der Waals surface area contributed by atoms with E-state index in [4.69, 9.17) is 10.5 Å². The number of rotatable bonds is 3. The van der Waals surface area contributed by atoms with Gasteiger partial charge in [-0.15, -0.1) is 11.3 Å². The number of thiophene rings is 1. The molecular formula is C12H20N2OS. The van der Waals surface area contributed by atoms with Gasteiger partial charge in [0, 0.05) is 35.4 Å². The van der Waals surface area contributed by atoms with E-state index in [1.54, 1.807) is 0 Å². The van der Waals surface area contributed by atoms with Crippen LogP contribution in [0.1, 0.15) is 21.4 Å². The van der Waals surface area contributed by atoms with Crippen LogP contribution in [0.2, 0.25) is 0 Å². The zero-order valence-electron chi connectivity index (χ0n) is 10.0. The molecule has 1 fully saturated rings. The highest BCUT2D eigenvalue weighted by atomic mass is 32.1. The molecular weight excluding hydrogens is 220 g/mol. The fourth-order valence-electron chi connectivity index (χ4n) is 2.34. The van der Waals surface area contributed by atoms with E-state index in [2.05, 4.69) is 24.8 Å². The van der Waals surface area contributed by atoms with Gasteiger partial charge in [0.2, 0.25) is 0 Å². The highest BCUT2D eigenvalue weighted by molar-refractivity contribution is 7.12. The molecule has 16 heavy (non-hydrogen) atoms. The van der Waals surface area contributed by atoms with Crippen molar-refractivity contribution in [3.63, 3.8) is 0 Å². The van der Waals surface area contributed by atoms with Crippen LogP contribution in [-0.4, -0.2) is 37.7 Å². The summed E-state index contributed by atoms with van der Waals surface area (Å²) in [6, 6.07) is 2.65. The largest absolute Gasteiger partial charge is 0.379 e. The predicted octanol–water partition coefficient (Wildman–Crippen LogP) is 1.70. The summed E-state index contributed by atoms with van der Waals surface area (Å²) in [7, 11) is 0. The second kappa shape index (κ2) is 5.27. The Morgan fingerprint density at radius 2 is 2.12 bits per heavy atom. The molecule has 0 spiro atoms. The molecule has 0 aliphatic carbocycles. The van der Waals surface area contributed by atoms with Gasteiger partial charge in [0.05, 0.1) is 13.2 Å². The van der Waals surface area contributed by atoms with Crippen molar-refractivity contribution in [2.45, 2.75) is 19.9 Å². The third-order valence-corrected chi connectivity index (χ3v) is 4.13. The summed E-state index contributed by atoms with van der Waals surface area (Å²) in [5.74, 6) is 0. The monoisotopic (exact) mass is 240 g/mol. The third kappa shape index (κ3) is 2.46. The number of ether oxygens (including phenoxy) is 1. The summed E-state index contributed by atoms with van der Waals surface area (Å²) in [6.45, 7) is 8.70. The lowest BCUT2D eigenvalue weighted by atomic mass is 10.1. The number of nitrogens with zero attached hydrogens (tertiary/aromatic N) is 1. The fraction of sp³-hybridized carbons (Fsp3) is 0.667. The van der Waals surface area contributed by atoms with Crippen LogP contribution in [0.15, 0.2) is 6.07 Å². The van der Waals surface area contributed by atoms with E-state index in [1.807, 2.05) is 11.3 Å². The molecule has 90 valence electrons. The maximum atomic E-state index is 5.94. The molecule has 2 N–H and O–H groups in total. The average molecular weight is 240 g/mol. The van der Waals surface area contributed by atoms with Crippen molar-refractivity contribution in [3.05, 3.63) is 21.4 Å². The first-order valence-electron chi connectivity index (χ1n) is 5.81. The molecule has 1 aliphatic heterocycles. The molecule has 0 radical (unpaired) electrons. The van der Waals surface area contributed by atoms with Gasteiger partial charge in [-0.05, 0) is 25.5 Å². The van der Waals surface area contributed by atoms with E-state index in [-0.39, 0.29) is 0 Å². The van der Waals surface area contributed by atoms with Gasteiger partial charge in [0.25, 0.3) is 0 Å². The van der Waals surface area contributed by atoms with Crippen molar-refractivity contribution in [3.8, 4) is 0 Å². The van der Waals surface area contributed by atoms with Crippen LogP contribution >= 0.6 is 11.3 Å². The molecule has 2 heterocycles. The Labute approximate surface area is 101 Å². The van der Waals surface area contributed by atoms with Crippen molar-refractivity contribution in [1.82, 2.24) is 4.90 Å².